The molecule has 1 atom stereocenters. The van der Waals surface area contributed by atoms with Crippen LogP contribution in [0.15, 0.2) is 24.3 Å². The van der Waals surface area contributed by atoms with Crippen LogP contribution in [0.5, 0.6) is 5.75 Å². The van der Waals surface area contributed by atoms with Crippen molar-refractivity contribution in [3.8, 4) is 5.75 Å². The molecule has 0 aliphatic rings. The van der Waals surface area contributed by atoms with Crippen molar-refractivity contribution < 1.29 is 14.3 Å². The number of nitrogen functional groups attached to an aromatic ring is 1. The number of benzene rings is 1. The number of anilines is 1. The number of hydrogen-bond acceptors (Lipinski definition) is 4. The van der Waals surface area contributed by atoms with E-state index in [1.54, 1.807) is 31.2 Å². The first-order chi connectivity index (χ1) is 8.13. The van der Waals surface area contributed by atoms with E-state index < -0.39 is 6.10 Å². The van der Waals surface area contributed by atoms with Crippen LogP contribution in [0.25, 0.3) is 0 Å². The quantitative estimate of drug-likeness (QED) is 0.469. The van der Waals surface area contributed by atoms with Crippen LogP contribution in [0.4, 0.5) is 5.69 Å². The molecule has 1 rings (SSSR count). The molecule has 1 aromatic carbocycles. The predicted octanol–water partition coefficient (Wildman–Crippen LogP) is 2.38. The van der Waals surface area contributed by atoms with Gasteiger partial charge in [0.15, 0.2) is 6.10 Å². The Morgan fingerprint density at radius 1 is 1.47 bits per heavy atom. The monoisotopic (exact) mass is 237 g/mol. The molecule has 0 aromatic heterocycles. The van der Waals surface area contributed by atoms with Crippen LogP contribution in [0.2, 0.25) is 0 Å². The number of ether oxygens (including phenoxy) is 2. The van der Waals surface area contributed by atoms with Gasteiger partial charge < -0.3 is 15.2 Å². The second-order valence-corrected chi connectivity index (χ2v) is 3.85. The Hall–Kier alpha value is -1.71. The third-order valence-corrected chi connectivity index (χ3v) is 2.25. The third kappa shape index (κ3) is 4.76. The van der Waals surface area contributed by atoms with Gasteiger partial charge in [-0.05, 0) is 25.5 Å². The van der Waals surface area contributed by atoms with Gasteiger partial charge in [0.2, 0.25) is 0 Å². The van der Waals surface area contributed by atoms with Crippen LogP contribution >= 0.6 is 0 Å². The summed E-state index contributed by atoms with van der Waals surface area (Å²) in [6, 6.07) is 6.97. The van der Waals surface area contributed by atoms with E-state index in [0.29, 0.717) is 18.0 Å². The van der Waals surface area contributed by atoms with E-state index in [2.05, 4.69) is 0 Å². The van der Waals surface area contributed by atoms with Gasteiger partial charge in [-0.2, -0.15) is 0 Å². The van der Waals surface area contributed by atoms with Gasteiger partial charge in [-0.3, -0.25) is 0 Å². The SMILES string of the molecule is CCCCOC(=O)C(C)Oc1cccc(N)c1. The Labute approximate surface area is 102 Å². The van der Waals surface area contributed by atoms with Gasteiger partial charge in [-0.15, -0.1) is 0 Å². The largest absolute Gasteiger partial charge is 0.479 e. The molecule has 0 bridgehead atoms. The summed E-state index contributed by atoms with van der Waals surface area (Å²) in [7, 11) is 0. The van der Waals surface area contributed by atoms with Gasteiger partial charge in [0.1, 0.15) is 5.75 Å². The van der Waals surface area contributed by atoms with Crippen LogP contribution in [-0.2, 0) is 9.53 Å². The lowest BCUT2D eigenvalue weighted by Gasteiger charge is -2.14. The topological polar surface area (TPSA) is 61.5 Å². The van der Waals surface area contributed by atoms with E-state index in [1.165, 1.54) is 0 Å². The fraction of sp³-hybridized carbons (Fsp3) is 0.462. The number of nitrogens with two attached hydrogens (primary N) is 1. The zero-order valence-corrected chi connectivity index (χ0v) is 10.3. The molecule has 0 spiro atoms. The maximum Gasteiger partial charge on any atom is 0.347 e. The van der Waals surface area contributed by atoms with Crippen LogP contribution in [0.1, 0.15) is 26.7 Å². The number of rotatable bonds is 6. The lowest BCUT2D eigenvalue weighted by Crippen LogP contribution is -2.26. The Kier molecular flexibility index (Phi) is 5.33. The first kappa shape index (κ1) is 13.4. The fourth-order valence-corrected chi connectivity index (χ4v) is 1.27. The highest BCUT2D eigenvalue weighted by molar-refractivity contribution is 5.74. The molecule has 0 saturated carbocycles. The van der Waals surface area contributed by atoms with Crippen molar-refractivity contribution in [1.29, 1.82) is 0 Å². The van der Waals surface area contributed by atoms with Crippen molar-refractivity contribution in [2.75, 3.05) is 12.3 Å². The molecule has 2 N–H and O–H groups in total. The molecule has 0 aliphatic carbocycles. The summed E-state index contributed by atoms with van der Waals surface area (Å²) in [5.41, 5.74) is 6.22. The van der Waals surface area contributed by atoms with E-state index >= 15 is 0 Å². The van der Waals surface area contributed by atoms with Crippen molar-refractivity contribution in [2.45, 2.75) is 32.8 Å². The molecule has 0 amide bonds. The summed E-state index contributed by atoms with van der Waals surface area (Å²) < 4.78 is 10.5. The van der Waals surface area contributed by atoms with Crippen molar-refractivity contribution in [1.82, 2.24) is 0 Å². The molecule has 0 saturated heterocycles. The standard InChI is InChI=1S/C13H19NO3/c1-3-4-8-16-13(15)10(2)17-12-7-5-6-11(14)9-12/h5-7,9-10H,3-4,8,14H2,1-2H3. The maximum absolute atomic E-state index is 11.5. The van der Waals surface area contributed by atoms with Crippen molar-refractivity contribution in [2.24, 2.45) is 0 Å². The molecule has 0 fully saturated rings. The maximum atomic E-state index is 11.5. The Balaban J connectivity index is 2.43. The van der Waals surface area contributed by atoms with Gasteiger partial charge in [-0.1, -0.05) is 19.4 Å². The summed E-state index contributed by atoms with van der Waals surface area (Å²) in [6.45, 7) is 4.15. The summed E-state index contributed by atoms with van der Waals surface area (Å²) in [5, 5.41) is 0. The van der Waals surface area contributed by atoms with Gasteiger partial charge >= 0.3 is 5.97 Å². The second kappa shape index (κ2) is 6.78. The van der Waals surface area contributed by atoms with E-state index in [0.717, 1.165) is 12.8 Å². The Morgan fingerprint density at radius 2 is 2.24 bits per heavy atom. The number of carbonyl (C=O) groups is 1. The van der Waals surface area contributed by atoms with Gasteiger partial charge in [-0.25, -0.2) is 4.79 Å². The zero-order chi connectivity index (χ0) is 12.7. The van der Waals surface area contributed by atoms with Gasteiger partial charge in [0.05, 0.1) is 6.61 Å². The molecular formula is C13H19NO3. The molecule has 17 heavy (non-hydrogen) atoms. The lowest BCUT2D eigenvalue weighted by atomic mass is 10.3. The smallest absolute Gasteiger partial charge is 0.347 e. The fourth-order valence-electron chi connectivity index (χ4n) is 1.27. The van der Waals surface area contributed by atoms with Gasteiger partial charge in [0, 0.05) is 11.8 Å². The molecular weight excluding hydrogens is 218 g/mol. The second-order valence-electron chi connectivity index (χ2n) is 3.85. The van der Waals surface area contributed by atoms with E-state index in [9.17, 15) is 4.79 Å². The summed E-state index contributed by atoms with van der Waals surface area (Å²) in [4.78, 5) is 11.5. The van der Waals surface area contributed by atoms with E-state index in [-0.39, 0.29) is 5.97 Å². The molecule has 94 valence electrons. The predicted molar refractivity (Wildman–Crippen MR) is 66.8 cm³/mol. The number of hydrogen-bond donors (Lipinski definition) is 1. The minimum absolute atomic E-state index is 0.346. The average molecular weight is 237 g/mol. The minimum Gasteiger partial charge on any atom is -0.479 e. The van der Waals surface area contributed by atoms with Crippen LogP contribution < -0.4 is 10.5 Å². The lowest BCUT2D eigenvalue weighted by molar-refractivity contribution is -0.151. The average Bonchev–Trinajstić information content (AvgIpc) is 2.29. The summed E-state index contributed by atoms with van der Waals surface area (Å²) in [5.74, 6) is 0.228. The Bertz CT molecular complexity index is 365. The molecule has 1 aromatic rings. The number of unbranched alkanes of at least 4 members (excludes halogenated alkanes) is 1. The summed E-state index contributed by atoms with van der Waals surface area (Å²) >= 11 is 0. The van der Waals surface area contributed by atoms with E-state index in [1.807, 2.05) is 6.92 Å². The first-order valence-electron chi connectivity index (χ1n) is 5.82. The van der Waals surface area contributed by atoms with Crippen LogP contribution in [0, 0.1) is 0 Å². The molecule has 0 aliphatic heterocycles. The molecule has 4 nitrogen and oxygen atoms in total. The minimum atomic E-state index is -0.617. The highest BCUT2D eigenvalue weighted by Gasteiger charge is 2.15. The van der Waals surface area contributed by atoms with E-state index in [4.69, 9.17) is 15.2 Å². The van der Waals surface area contributed by atoms with Crippen LogP contribution in [-0.4, -0.2) is 18.7 Å². The van der Waals surface area contributed by atoms with Crippen molar-refractivity contribution >= 4 is 11.7 Å². The highest BCUT2D eigenvalue weighted by atomic mass is 16.6. The molecule has 1 unspecified atom stereocenters. The normalized spacial score (nSPS) is 11.9. The van der Waals surface area contributed by atoms with Crippen molar-refractivity contribution in [3.05, 3.63) is 24.3 Å². The molecule has 4 heteroatoms. The summed E-state index contributed by atoms with van der Waals surface area (Å²) in [6.07, 6.45) is 1.25. The van der Waals surface area contributed by atoms with Crippen molar-refractivity contribution in [3.63, 3.8) is 0 Å². The molecule has 0 heterocycles. The number of esters is 1. The van der Waals surface area contributed by atoms with Crippen LogP contribution in [0.3, 0.4) is 0 Å². The Morgan fingerprint density at radius 3 is 2.88 bits per heavy atom. The third-order valence-electron chi connectivity index (χ3n) is 2.25. The number of carbonyl (C=O) groups excluding carboxylic acids is 1. The van der Waals surface area contributed by atoms with Gasteiger partial charge in [0.25, 0.3) is 0 Å². The first-order valence-corrected chi connectivity index (χ1v) is 5.82. The molecule has 0 radical (unpaired) electrons. The highest BCUT2D eigenvalue weighted by Crippen LogP contribution is 2.16. The zero-order valence-electron chi connectivity index (χ0n) is 10.3.